The zero-order chi connectivity index (χ0) is 26.1. The Morgan fingerprint density at radius 3 is 2.34 bits per heavy atom. The van der Waals surface area contributed by atoms with Crippen molar-refractivity contribution in [1.29, 1.82) is 0 Å². The van der Waals surface area contributed by atoms with E-state index in [1.165, 1.54) is 6.07 Å². The lowest BCUT2D eigenvalue weighted by Crippen LogP contribution is -2.48. The fraction of sp³-hybridized carbons (Fsp3) is 0.138. The second kappa shape index (κ2) is 9.75. The molecule has 0 radical (unpaired) electrons. The molecule has 8 nitrogen and oxygen atoms in total. The minimum absolute atomic E-state index is 0.0756. The number of carbonyl (C=O) groups is 1. The van der Waals surface area contributed by atoms with Gasteiger partial charge in [-0.15, -0.1) is 0 Å². The molecule has 1 saturated heterocycles. The number of sulfonamides is 1. The van der Waals surface area contributed by atoms with Gasteiger partial charge in [-0.05, 0) is 36.4 Å². The number of rotatable bonds is 5. The molecular formula is C29H25N5O3S. The third kappa shape index (κ3) is 4.52. The zero-order valence-electron chi connectivity index (χ0n) is 20.5. The molecule has 38 heavy (non-hydrogen) atoms. The van der Waals surface area contributed by atoms with Crippen molar-refractivity contribution >= 4 is 49.0 Å². The summed E-state index contributed by atoms with van der Waals surface area (Å²) in [5.74, 6) is -0.0756. The van der Waals surface area contributed by atoms with E-state index in [4.69, 9.17) is 0 Å². The van der Waals surface area contributed by atoms with Crippen molar-refractivity contribution in [3.8, 4) is 0 Å². The van der Waals surface area contributed by atoms with Crippen LogP contribution in [-0.2, 0) is 10.0 Å². The van der Waals surface area contributed by atoms with E-state index in [2.05, 4.69) is 25.7 Å². The number of nitrogens with zero attached hydrogens (tertiary/aromatic N) is 4. The highest BCUT2D eigenvalue weighted by Gasteiger charge is 2.24. The van der Waals surface area contributed by atoms with Gasteiger partial charge < -0.3 is 9.80 Å². The van der Waals surface area contributed by atoms with Crippen LogP contribution in [-0.4, -0.2) is 55.4 Å². The lowest BCUT2D eigenvalue weighted by molar-refractivity contribution is 0.0747. The first kappa shape index (κ1) is 23.9. The fourth-order valence-corrected chi connectivity index (χ4v) is 6.11. The number of hydrogen-bond acceptors (Lipinski definition) is 6. The maximum Gasteiger partial charge on any atom is 0.264 e. The minimum Gasteiger partial charge on any atom is -0.366 e. The normalized spacial score (nSPS) is 14.1. The molecule has 0 bridgehead atoms. The van der Waals surface area contributed by atoms with Crippen LogP contribution in [0.2, 0.25) is 0 Å². The number of amides is 1. The van der Waals surface area contributed by atoms with Crippen LogP contribution in [0.15, 0.2) is 102 Å². The third-order valence-corrected chi connectivity index (χ3v) is 8.24. The van der Waals surface area contributed by atoms with Crippen LogP contribution < -0.4 is 9.62 Å². The monoisotopic (exact) mass is 523 g/mol. The van der Waals surface area contributed by atoms with Gasteiger partial charge in [0, 0.05) is 66.0 Å². The molecule has 1 amide bonds. The summed E-state index contributed by atoms with van der Waals surface area (Å²) in [6.45, 7) is 2.59. The highest BCUT2D eigenvalue weighted by Crippen LogP contribution is 2.27. The number of anilines is 2. The molecule has 9 heteroatoms. The molecule has 0 unspecified atom stereocenters. The molecule has 2 aromatic heterocycles. The van der Waals surface area contributed by atoms with Gasteiger partial charge in [-0.1, -0.05) is 42.5 Å². The van der Waals surface area contributed by atoms with E-state index < -0.39 is 10.0 Å². The molecule has 1 fully saturated rings. The van der Waals surface area contributed by atoms with Crippen LogP contribution in [0.1, 0.15) is 10.4 Å². The number of para-hydroxylation sites is 1. The molecule has 3 heterocycles. The standard InChI is InChI=1S/C29H25N5O3S/c35-29(34-17-15-33(16-18-34)26-20-30-19-23-5-1-2-8-25(23)26)22-10-12-24(13-11-22)32-38(36,37)27-9-3-6-21-7-4-14-31-28(21)27/h1-14,19-20,32H,15-18H2. The van der Waals surface area contributed by atoms with Crippen LogP contribution in [0.5, 0.6) is 0 Å². The van der Waals surface area contributed by atoms with Gasteiger partial charge in [-0.3, -0.25) is 19.5 Å². The molecule has 6 rings (SSSR count). The Morgan fingerprint density at radius 2 is 1.53 bits per heavy atom. The van der Waals surface area contributed by atoms with Gasteiger partial charge in [-0.2, -0.15) is 0 Å². The van der Waals surface area contributed by atoms with Gasteiger partial charge in [0.1, 0.15) is 4.90 Å². The van der Waals surface area contributed by atoms with E-state index in [0.29, 0.717) is 42.9 Å². The van der Waals surface area contributed by atoms with Gasteiger partial charge in [0.05, 0.1) is 17.4 Å². The number of fused-ring (bicyclic) bond motifs is 2. The Morgan fingerprint density at radius 1 is 0.789 bits per heavy atom. The largest absolute Gasteiger partial charge is 0.366 e. The van der Waals surface area contributed by atoms with Crippen LogP contribution in [0.25, 0.3) is 21.7 Å². The van der Waals surface area contributed by atoms with Crippen molar-refractivity contribution in [3.05, 3.63) is 103 Å². The van der Waals surface area contributed by atoms with Crippen molar-refractivity contribution < 1.29 is 13.2 Å². The highest BCUT2D eigenvalue weighted by molar-refractivity contribution is 7.93. The molecule has 0 aliphatic carbocycles. The van der Waals surface area contributed by atoms with Gasteiger partial charge in [0.25, 0.3) is 15.9 Å². The fourth-order valence-electron chi connectivity index (χ4n) is 4.87. The van der Waals surface area contributed by atoms with E-state index in [0.717, 1.165) is 21.8 Å². The molecule has 3 aromatic carbocycles. The summed E-state index contributed by atoms with van der Waals surface area (Å²) in [7, 11) is -3.86. The molecule has 1 N–H and O–H groups in total. The second-order valence-corrected chi connectivity index (χ2v) is 10.8. The van der Waals surface area contributed by atoms with Crippen molar-refractivity contribution in [2.45, 2.75) is 4.90 Å². The zero-order valence-corrected chi connectivity index (χ0v) is 21.3. The van der Waals surface area contributed by atoms with Crippen LogP contribution >= 0.6 is 0 Å². The first-order valence-corrected chi connectivity index (χ1v) is 13.8. The maximum absolute atomic E-state index is 13.2. The predicted molar refractivity (Wildman–Crippen MR) is 149 cm³/mol. The summed E-state index contributed by atoms with van der Waals surface area (Å²) < 4.78 is 28.8. The van der Waals surface area contributed by atoms with Crippen molar-refractivity contribution in [2.75, 3.05) is 35.8 Å². The molecule has 5 aromatic rings. The summed E-state index contributed by atoms with van der Waals surface area (Å²) in [6, 6.07) is 23.3. The number of carbonyl (C=O) groups excluding carboxylic acids is 1. The topological polar surface area (TPSA) is 95.5 Å². The van der Waals surface area contributed by atoms with Gasteiger partial charge >= 0.3 is 0 Å². The lowest BCUT2D eigenvalue weighted by Gasteiger charge is -2.36. The molecule has 0 atom stereocenters. The van der Waals surface area contributed by atoms with Crippen molar-refractivity contribution in [3.63, 3.8) is 0 Å². The molecule has 0 saturated carbocycles. The van der Waals surface area contributed by atoms with Gasteiger partial charge in [0.15, 0.2) is 0 Å². The van der Waals surface area contributed by atoms with E-state index in [1.807, 2.05) is 47.6 Å². The summed E-state index contributed by atoms with van der Waals surface area (Å²) in [4.78, 5) is 26.0. The summed E-state index contributed by atoms with van der Waals surface area (Å²) in [5, 5.41) is 2.99. The Bertz CT molecular complexity index is 1740. The van der Waals surface area contributed by atoms with E-state index in [1.54, 1.807) is 42.6 Å². The Hall–Kier alpha value is -4.50. The molecule has 1 aliphatic rings. The van der Waals surface area contributed by atoms with Crippen LogP contribution in [0, 0.1) is 0 Å². The summed E-state index contributed by atoms with van der Waals surface area (Å²) in [5.41, 5.74) is 2.38. The Kier molecular flexibility index (Phi) is 6.13. The number of benzene rings is 3. The molecule has 0 spiro atoms. The smallest absolute Gasteiger partial charge is 0.264 e. The Balaban J connectivity index is 1.13. The highest BCUT2D eigenvalue weighted by atomic mass is 32.2. The van der Waals surface area contributed by atoms with E-state index >= 15 is 0 Å². The number of pyridine rings is 2. The quantitative estimate of drug-likeness (QED) is 0.363. The number of piperazine rings is 1. The summed E-state index contributed by atoms with van der Waals surface area (Å²) >= 11 is 0. The molecule has 190 valence electrons. The third-order valence-electron chi connectivity index (χ3n) is 6.82. The van der Waals surface area contributed by atoms with Crippen molar-refractivity contribution in [1.82, 2.24) is 14.9 Å². The lowest BCUT2D eigenvalue weighted by atomic mass is 10.1. The number of hydrogen-bond donors (Lipinski definition) is 1. The first-order valence-electron chi connectivity index (χ1n) is 12.3. The maximum atomic E-state index is 13.2. The van der Waals surface area contributed by atoms with Gasteiger partial charge in [0.2, 0.25) is 0 Å². The SMILES string of the molecule is O=C(c1ccc(NS(=O)(=O)c2cccc3cccnc23)cc1)N1CCN(c2cncc3ccccc23)CC1. The molecular weight excluding hydrogens is 498 g/mol. The number of nitrogens with one attached hydrogen (secondary N) is 1. The van der Waals surface area contributed by atoms with Gasteiger partial charge in [-0.25, -0.2) is 8.42 Å². The first-order chi connectivity index (χ1) is 18.5. The number of aromatic nitrogens is 2. The van der Waals surface area contributed by atoms with Crippen molar-refractivity contribution in [2.24, 2.45) is 0 Å². The average molecular weight is 524 g/mol. The Labute approximate surface area is 220 Å². The average Bonchev–Trinajstić information content (AvgIpc) is 2.96. The minimum atomic E-state index is -3.86. The van der Waals surface area contributed by atoms with E-state index in [9.17, 15) is 13.2 Å². The van der Waals surface area contributed by atoms with Crippen LogP contribution in [0.3, 0.4) is 0 Å². The molecule has 1 aliphatic heterocycles. The second-order valence-electron chi connectivity index (χ2n) is 9.17. The summed E-state index contributed by atoms with van der Waals surface area (Å²) in [6.07, 6.45) is 5.32. The van der Waals surface area contributed by atoms with Crippen LogP contribution in [0.4, 0.5) is 11.4 Å². The van der Waals surface area contributed by atoms with E-state index in [-0.39, 0.29) is 10.8 Å². The predicted octanol–water partition coefficient (Wildman–Crippen LogP) is 4.55.